The molecule has 2 amide bonds. The molecular formula is C17H12Cl4F2N2O. The molecule has 2 aromatic rings. The minimum absolute atomic E-state index is 0.0735. The standard InChI is InChI=1S/C17H12Cl4F2N2O/c18-15(19)13(9-1-5-11(22)6-2-9)24-17(26)25-14(16(20)21)10-3-7-12(23)8-4-10/h1-8,13,15H,(H2,24,25,26). The SMILES string of the molecule is O=C(NC(=C(Cl)Cl)c1ccc(F)cc1)NC(c1ccc(F)cc1)C(Cl)Cl. The number of carbonyl (C=O) groups excluding carboxylic acids is 1. The van der Waals surface area contributed by atoms with Crippen molar-refractivity contribution >= 4 is 58.1 Å². The lowest BCUT2D eigenvalue weighted by Gasteiger charge is -2.21. The molecule has 2 aromatic carbocycles. The zero-order valence-electron chi connectivity index (χ0n) is 12.9. The van der Waals surface area contributed by atoms with Gasteiger partial charge in [0.2, 0.25) is 0 Å². The Morgan fingerprint density at radius 3 is 1.85 bits per heavy atom. The summed E-state index contributed by atoms with van der Waals surface area (Å²) in [5.74, 6) is -0.889. The van der Waals surface area contributed by atoms with Crippen LogP contribution in [0.5, 0.6) is 0 Å². The van der Waals surface area contributed by atoms with E-state index in [2.05, 4.69) is 10.6 Å². The maximum absolute atomic E-state index is 13.1. The van der Waals surface area contributed by atoms with Gasteiger partial charge in [-0.2, -0.15) is 0 Å². The van der Waals surface area contributed by atoms with E-state index in [9.17, 15) is 13.6 Å². The third-order valence-corrected chi connectivity index (χ3v) is 4.21. The molecule has 3 nitrogen and oxygen atoms in total. The summed E-state index contributed by atoms with van der Waals surface area (Å²) in [6, 6.07) is 9.01. The van der Waals surface area contributed by atoms with Crippen molar-refractivity contribution in [1.29, 1.82) is 0 Å². The number of carbonyl (C=O) groups is 1. The molecule has 1 atom stereocenters. The van der Waals surface area contributed by atoms with Gasteiger partial charge in [0.1, 0.15) is 21.0 Å². The Kier molecular flexibility index (Phi) is 7.53. The number of hydrogen-bond acceptors (Lipinski definition) is 1. The van der Waals surface area contributed by atoms with Gasteiger partial charge in [-0.05, 0) is 42.0 Å². The molecule has 0 aliphatic rings. The van der Waals surface area contributed by atoms with Gasteiger partial charge in [-0.25, -0.2) is 13.6 Å². The summed E-state index contributed by atoms with van der Waals surface area (Å²) in [6.45, 7) is 0. The largest absolute Gasteiger partial charge is 0.328 e. The summed E-state index contributed by atoms with van der Waals surface area (Å²) in [5.41, 5.74) is 0.971. The first-order valence-electron chi connectivity index (χ1n) is 7.20. The summed E-state index contributed by atoms with van der Waals surface area (Å²) in [7, 11) is 0. The molecule has 2 N–H and O–H groups in total. The van der Waals surface area contributed by atoms with Gasteiger partial charge in [-0.15, -0.1) is 23.2 Å². The second-order valence-electron chi connectivity index (χ2n) is 5.10. The van der Waals surface area contributed by atoms with E-state index in [0.717, 1.165) is 0 Å². The summed E-state index contributed by atoms with van der Waals surface area (Å²) >= 11 is 23.5. The summed E-state index contributed by atoms with van der Waals surface area (Å²) in [6.07, 6.45) is 0. The lowest BCUT2D eigenvalue weighted by molar-refractivity contribution is 0.241. The molecule has 0 saturated carbocycles. The highest BCUT2D eigenvalue weighted by atomic mass is 35.5. The summed E-state index contributed by atoms with van der Waals surface area (Å²) in [4.78, 5) is 11.3. The fourth-order valence-corrected chi connectivity index (χ4v) is 2.83. The number of alkyl halides is 2. The van der Waals surface area contributed by atoms with Crippen molar-refractivity contribution in [3.05, 3.63) is 75.8 Å². The van der Waals surface area contributed by atoms with E-state index in [-0.39, 0.29) is 10.2 Å². The molecule has 0 aliphatic heterocycles. The van der Waals surface area contributed by atoms with Crippen molar-refractivity contribution < 1.29 is 13.6 Å². The van der Waals surface area contributed by atoms with Crippen LogP contribution in [0, 0.1) is 11.6 Å². The number of rotatable bonds is 5. The molecule has 1 unspecified atom stereocenters. The molecule has 138 valence electrons. The van der Waals surface area contributed by atoms with E-state index in [0.29, 0.717) is 11.1 Å². The van der Waals surface area contributed by atoms with Gasteiger partial charge in [0.05, 0.1) is 11.7 Å². The highest BCUT2D eigenvalue weighted by Gasteiger charge is 2.22. The zero-order chi connectivity index (χ0) is 19.3. The summed E-state index contributed by atoms with van der Waals surface area (Å²) < 4.78 is 25.9. The maximum atomic E-state index is 13.1. The fourth-order valence-electron chi connectivity index (χ4n) is 2.10. The quantitative estimate of drug-likeness (QED) is 0.558. The van der Waals surface area contributed by atoms with E-state index < -0.39 is 28.5 Å². The van der Waals surface area contributed by atoms with Crippen LogP contribution < -0.4 is 10.6 Å². The first-order chi connectivity index (χ1) is 12.3. The van der Waals surface area contributed by atoms with Gasteiger partial charge in [-0.3, -0.25) is 0 Å². The third-order valence-electron chi connectivity index (χ3n) is 3.33. The maximum Gasteiger partial charge on any atom is 0.319 e. The Morgan fingerprint density at radius 2 is 1.38 bits per heavy atom. The van der Waals surface area contributed by atoms with Crippen LogP contribution in [0.25, 0.3) is 5.70 Å². The van der Waals surface area contributed by atoms with Crippen molar-refractivity contribution in [1.82, 2.24) is 10.6 Å². The van der Waals surface area contributed by atoms with Crippen molar-refractivity contribution in [3.8, 4) is 0 Å². The Bertz CT molecular complexity index is 791. The Labute approximate surface area is 168 Å². The molecule has 0 spiro atoms. The monoisotopic (exact) mass is 438 g/mol. The van der Waals surface area contributed by atoms with Gasteiger partial charge in [0.25, 0.3) is 0 Å². The predicted octanol–water partition coefficient (Wildman–Crippen LogP) is 5.91. The molecule has 0 radical (unpaired) electrons. The first-order valence-corrected chi connectivity index (χ1v) is 8.83. The highest BCUT2D eigenvalue weighted by molar-refractivity contribution is 6.58. The first kappa shape index (κ1) is 20.8. The molecule has 0 aromatic heterocycles. The molecule has 0 heterocycles. The Hall–Kier alpha value is -1.53. The van der Waals surface area contributed by atoms with Crippen LogP contribution in [0.4, 0.5) is 13.6 Å². The van der Waals surface area contributed by atoms with Crippen LogP contribution in [0.1, 0.15) is 17.2 Å². The Balaban J connectivity index is 2.17. The average Bonchev–Trinajstić information content (AvgIpc) is 2.59. The van der Waals surface area contributed by atoms with Crippen molar-refractivity contribution in [3.63, 3.8) is 0 Å². The van der Waals surface area contributed by atoms with E-state index in [1.807, 2.05) is 0 Å². The van der Waals surface area contributed by atoms with Gasteiger partial charge < -0.3 is 10.6 Å². The number of urea groups is 1. The minimum atomic E-state index is -1.00. The van der Waals surface area contributed by atoms with E-state index in [4.69, 9.17) is 46.4 Å². The number of amides is 2. The molecule has 0 aliphatic carbocycles. The molecule has 2 rings (SSSR count). The lowest BCUT2D eigenvalue weighted by atomic mass is 10.1. The fraction of sp³-hybridized carbons (Fsp3) is 0.118. The lowest BCUT2D eigenvalue weighted by Crippen LogP contribution is -2.39. The topological polar surface area (TPSA) is 41.1 Å². The van der Waals surface area contributed by atoms with Crippen molar-refractivity contribution in [2.75, 3.05) is 0 Å². The third kappa shape index (κ3) is 5.74. The number of benzene rings is 2. The number of nitrogens with one attached hydrogen (secondary N) is 2. The van der Waals surface area contributed by atoms with Gasteiger partial charge in [-0.1, -0.05) is 35.3 Å². The molecule has 0 bridgehead atoms. The van der Waals surface area contributed by atoms with Crippen molar-refractivity contribution in [2.24, 2.45) is 0 Å². The number of hydrogen-bond donors (Lipinski definition) is 2. The second kappa shape index (κ2) is 9.42. The van der Waals surface area contributed by atoms with Crippen LogP contribution in [-0.4, -0.2) is 10.9 Å². The zero-order valence-corrected chi connectivity index (χ0v) is 16.0. The van der Waals surface area contributed by atoms with Crippen LogP contribution in [0.15, 0.2) is 53.0 Å². The molecule has 0 saturated heterocycles. The smallest absolute Gasteiger partial charge is 0.319 e. The van der Waals surface area contributed by atoms with Crippen LogP contribution in [0.2, 0.25) is 0 Å². The molecule has 9 heteroatoms. The highest BCUT2D eigenvalue weighted by Crippen LogP contribution is 2.26. The molecule has 26 heavy (non-hydrogen) atoms. The van der Waals surface area contributed by atoms with E-state index >= 15 is 0 Å². The van der Waals surface area contributed by atoms with E-state index in [1.54, 1.807) is 0 Å². The Morgan fingerprint density at radius 1 is 0.885 bits per heavy atom. The van der Waals surface area contributed by atoms with Gasteiger partial charge in [0, 0.05) is 5.56 Å². The van der Waals surface area contributed by atoms with Crippen LogP contribution in [0.3, 0.4) is 0 Å². The number of halogens is 6. The van der Waals surface area contributed by atoms with Gasteiger partial charge >= 0.3 is 6.03 Å². The summed E-state index contributed by atoms with van der Waals surface area (Å²) in [5, 5.41) is 5.03. The predicted molar refractivity (Wildman–Crippen MR) is 101 cm³/mol. The average molecular weight is 440 g/mol. The normalized spacial score (nSPS) is 11.8. The van der Waals surface area contributed by atoms with E-state index in [1.165, 1.54) is 48.5 Å². The molecule has 0 fully saturated rings. The van der Waals surface area contributed by atoms with Crippen molar-refractivity contribution in [2.45, 2.75) is 10.9 Å². The van der Waals surface area contributed by atoms with Crippen LogP contribution in [-0.2, 0) is 0 Å². The van der Waals surface area contributed by atoms with Crippen LogP contribution >= 0.6 is 46.4 Å². The second-order valence-corrected chi connectivity index (χ2v) is 7.22. The van der Waals surface area contributed by atoms with Gasteiger partial charge in [0.15, 0.2) is 0 Å². The minimum Gasteiger partial charge on any atom is -0.328 e. The molecular weight excluding hydrogens is 428 g/mol.